The van der Waals surface area contributed by atoms with Gasteiger partial charge in [0, 0.05) is 23.2 Å². The number of hydrogen-bond acceptors (Lipinski definition) is 6. The van der Waals surface area contributed by atoms with E-state index >= 15 is 0 Å². The molecule has 146 valence electrons. The van der Waals surface area contributed by atoms with Crippen LogP contribution in [0.15, 0.2) is 48.5 Å². The number of nitrogens with zero attached hydrogens (tertiary/aromatic N) is 1. The lowest BCUT2D eigenvalue weighted by molar-refractivity contribution is -0.384. The molecule has 8 nitrogen and oxygen atoms in total. The second-order valence-electron chi connectivity index (χ2n) is 5.60. The van der Waals surface area contributed by atoms with Gasteiger partial charge in [-0.05, 0) is 36.8 Å². The Kier molecular flexibility index (Phi) is 7.11. The van der Waals surface area contributed by atoms with Gasteiger partial charge in [0.25, 0.3) is 11.6 Å². The van der Waals surface area contributed by atoms with Crippen molar-refractivity contribution in [2.45, 2.75) is 13.0 Å². The number of methoxy groups -OCH3 is 1. The Morgan fingerprint density at radius 2 is 2.00 bits per heavy atom. The highest BCUT2D eigenvalue weighted by molar-refractivity contribution is 6.31. The topological polar surface area (TPSA) is 108 Å². The van der Waals surface area contributed by atoms with Crippen molar-refractivity contribution in [1.29, 1.82) is 0 Å². The lowest BCUT2D eigenvalue weighted by Crippen LogP contribution is -2.29. The summed E-state index contributed by atoms with van der Waals surface area (Å²) in [6.07, 6.45) is 1.36. The molecule has 0 heterocycles. The number of carbonyl (C=O) groups excluding carboxylic acids is 2. The Hall–Kier alpha value is -3.39. The molecule has 0 aliphatic rings. The van der Waals surface area contributed by atoms with Gasteiger partial charge >= 0.3 is 5.97 Å². The van der Waals surface area contributed by atoms with Crippen LogP contribution in [0.5, 0.6) is 5.75 Å². The summed E-state index contributed by atoms with van der Waals surface area (Å²) in [4.78, 5) is 34.4. The van der Waals surface area contributed by atoms with Crippen LogP contribution >= 0.6 is 11.6 Å². The van der Waals surface area contributed by atoms with Gasteiger partial charge in [-0.3, -0.25) is 14.9 Å². The molecule has 2 aromatic carbocycles. The third-order valence-corrected chi connectivity index (χ3v) is 3.81. The molecular weight excluding hydrogens is 388 g/mol. The van der Waals surface area contributed by atoms with Gasteiger partial charge in [-0.25, -0.2) is 4.79 Å². The maximum atomic E-state index is 12.2. The summed E-state index contributed by atoms with van der Waals surface area (Å²) < 4.78 is 10.2. The Morgan fingerprint density at radius 3 is 2.68 bits per heavy atom. The molecule has 1 unspecified atom stereocenters. The minimum absolute atomic E-state index is 0.0984. The van der Waals surface area contributed by atoms with Crippen LogP contribution in [0, 0.1) is 10.1 Å². The first-order valence-corrected chi connectivity index (χ1v) is 8.45. The number of rotatable bonds is 7. The SMILES string of the molecule is COc1ccc(Cl)cc1NC(=O)C(C)OC(=O)C=Cc1cccc([N+](=O)[O-])c1. The Morgan fingerprint density at radius 1 is 1.25 bits per heavy atom. The molecule has 0 radical (unpaired) electrons. The van der Waals surface area contributed by atoms with Gasteiger partial charge in [0.1, 0.15) is 5.75 Å². The summed E-state index contributed by atoms with van der Waals surface area (Å²) in [5, 5.41) is 13.7. The van der Waals surface area contributed by atoms with Crippen LogP contribution in [0.1, 0.15) is 12.5 Å². The highest BCUT2D eigenvalue weighted by Gasteiger charge is 2.18. The van der Waals surface area contributed by atoms with E-state index in [9.17, 15) is 19.7 Å². The summed E-state index contributed by atoms with van der Waals surface area (Å²) in [7, 11) is 1.45. The minimum Gasteiger partial charge on any atom is -0.495 e. The highest BCUT2D eigenvalue weighted by atomic mass is 35.5. The summed E-state index contributed by atoms with van der Waals surface area (Å²) in [6.45, 7) is 1.41. The van der Waals surface area contributed by atoms with Crippen LogP contribution < -0.4 is 10.1 Å². The number of esters is 1. The van der Waals surface area contributed by atoms with Crippen LogP contribution in [-0.4, -0.2) is 30.0 Å². The van der Waals surface area contributed by atoms with Gasteiger partial charge in [0.15, 0.2) is 6.10 Å². The average molecular weight is 405 g/mol. The fourth-order valence-electron chi connectivity index (χ4n) is 2.19. The van der Waals surface area contributed by atoms with Crippen molar-refractivity contribution >= 4 is 40.9 Å². The first kappa shape index (κ1) is 20.9. The van der Waals surface area contributed by atoms with E-state index in [4.69, 9.17) is 21.1 Å². The molecule has 0 aliphatic heterocycles. The number of nitro benzene ring substituents is 1. The zero-order valence-corrected chi connectivity index (χ0v) is 15.8. The van der Waals surface area contributed by atoms with Crippen LogP contribution in [0.25, 0.3) is 6.08 Å². The quantitative estimate of drug-likeness (QED) is 0.325. The number of amides is 1. The fraction of sp³-hybridized carbons (Fsp3) is 0.158. The zero-order valence-electron chi connectivity index (χ0n) is 15.0. The number of carbonyl (C=O) groups is 2. The maximum Gasteiger partial charge on any atom is 0.331 e. The molecule has 0 aromatic heterocycles. The molecule has 1 atom stereocenters. The van der Waals surface area contributed by atoms with Crippen molar-refractivity contribution in [2.24, 2.45) is 0 Å². The predicted octanol–water partition coefficient (Wildman–Crippen LogP) is 3.84. The largest absolute Gasteiger partial charge is 0.495 e. The van der Waals surface area contributed by atoms with Gasteiger partial charge in [0.2, 0.25) is 0 Å². The van der Waals surface area contributed by atoms with Crippen molar-refractivity contribution in [3.05, 3.63) is 69.2 Å². The molecule has 0 saturated heterocycles. The maximum absolute atomic E-state index is 12.2. The molecule has 1 N–H and O–H groups in total. The summed E-state index contributed by atoms with van der Waals surface area (Å²) in [5.74, 6) is -0.938. The number of non-ortho nitro benzene ring substituents is 1. The fourth-order valence-corrected chi connectivity index (χ4v) is 2.36. The van der Waals surface area contributed by atoms with E-state index < -0.39 is 22.9 Å². The third kappa shape index (κ3) is 5.82. The molecule has 28 heavy (non-hydrogen) atoms. The number of nitrogens with one attached hydrogen (secondary N) is 1. The summed E-state index contributed by atoms with van der Waals surface area (Å²) in [5.41, 5.74) is 0.695. The smallest absolute Gasteiger partial charge is 0.331 e. The van der Waals surface area contributed by atoms with Crippen molar-refractivity contribution in [3.8, 4) is 5.75 Å². The molecule has 0 aliphatic carbocycles. The lowest BCUT2D eigenvalue weighted by atomic mass is 10.2. The van der Waals surface area contributed by atoms with E-state index in [0.29, 0.717) is 22.0 Å². The first-order chi connectivity index (χ1) is 13.3. The van der Waals surface area contributed by atoms with E-state index in [0.717, 1.165) is 6.08 Å². The average Bonchev–Trinajstić information content (AvgIpc) is 2.66. The minimum atomic E-state index is -1.09. The predicted molar refractivity (Wildman–Crippen MR) is 104 cm³/mol. The molecule has 2 aromatic rings. The monoisotopic (exact) mass is 404 g/mol. The lowest BCUT2D eigenvalue weighted by Gasteiger charge is -2.14. The summed E-state index contributed by atoms with van der Waals surface area (Å²) >= 11 is 5.91. The third-order valence-electron chi connectivity index (χ3n) is 3.57. The second kappa shape index (κ2) is 9.52. The van der Waals surface area contributed by atoms with Crippen LogP contribution in [-0.2, 0) is 14.3 Å². The van der Waals surface area contributed by atoms with E-state index in [2.05, 4.69) is 5.32 Å². The van der Waals surface area contributed by atoms with E-state index in [1.807, 2.05) is 0 Å². The highest BCUT2D eigenvalue weighted by Crippen LogP contribution is 2.27. The molecule has 9 heteroatoms. The van der Waals surface area contributed by atoms with Crippen LogP contribution in [0.3, 0.4) is 0 Å². The molecule has 0 bridgehead atoms. The number of halogens is 1. The Labute approximate surface area is 165 Å². The van der Waals surface area contributed by atoms with Gasteiger partial charge in [-0.2, -0.15) is 0 Å². The van der Waals surface area contributed by atoms with E-state index in [1.54, 1.807) is 18.2 Å². The molecule has 0 saturated carbocycles. The Bertz CT molecular complexity index is 928. The van der Waals surface area contributed by atoms with E-state index in [-0.39, 0.29) is 5.69 Å². The molecule has 0 fully saturated rings. The molecule has 2 rings (SSSR count). The number of hydrogen-bond donors (Lipinski definition) is 1. The number of nitro groups is 1. The van der Waals surface area contributed by atoms with Gasteiger partial charge < -0.3 is 14.8 Å². The van der Waals surface area contributed by atoms with Crippen molar-refractivity contribution in [3.63, 3.8) is 0 Å². The van der Waals surface area contributed by atoms with E-state index in [1.165, 1.54) is 44.4 Å². The Balaban J connectivity index is 1.98. The van der Waals surface area contributed by atoms with Crippen molar-refractivity contribution in [1.82, 2.24) is 0 Å². The standard InChI is InChI=1S/C19H17ClN2O6/c1-12(19(24)21-16-11-14(20)7-8-17(16)27-2)28-18(23)9-6-13-4-3-5-15(10-13)22(25)26/h3-12H,1-2H3,(H,21,24). The van der Waals surface area contributed by atoms with Gasteiger partial charge in [-0.1, -0.05) is 23.7 Å². The van der Waals surface area contributed by atoms with Gasteiger partial charge in [0.05, 0.1) is 17.7 Å². The number of benzene rings is 2. The molecular formula is C19H17ClN2O6. The van der Waals surface area contributed by atoms with Crippen LogP contribution in [0.4, 0.5) is 11.4 Å². The number of anilines is 1. The zero-order chi connectivity index (χ0) is 20.7. The van der Waals surface area contributed by atoms with Crippen molar-refractivity contribution in [2.75, 3.05) is 12.4 Å². The van der Waals surface area contributed by atoms with Crippen LogP contribution in [0.2, 0.25) is 5.02 Å². The first-order valence-electron chi connectivity index (χ1n) is 8.07. The number of ether oxygens (including phenoxy) is 2. The second-order valence-corrected chi connectivity index (χ2v) is 6.03. The molecule has 1 amide bonds. The normalized spacial score (nSPS) is 11.7. The van der Waals surface area contributed by atoms with Gasteiger partial charge in [-0.15, -0.1) is 0 Å². The molecule has 0 spiro atoms. The summed E-state index contributed by atoms with van der Waals surface area (Å²) in [6, 6.07) is 10.5. The van der Waals surface area contributed by atoms with Crippen molar-refractivity contribution < 1.29 is 24.0 Å².